The van der Waals surface area contributed by atoms with Gasteiger partial charge in [-0.2, -0.15) is 11.8 Å². The zero-order chi connectivity index (χ0) is 13.5. The highest BCUT2D eigenvalue weighted by molar-refractivity contribution is 7.98. The Morgan fingerprint density at radius 2 is 2.28 bits per heavy atom. The van der Waals surface area contributed by atoms with Gasteiger partial charge >= 0.3 is 6.03 Å². The van der Waals surface area contributed by atoms with E-state index in [0.717, 1.165) is 28.6 Å². The molecule has 1 N–H and O–H groups in total. The molecule has 0 saturated carbocycles. The van der Waals surface area contributed by atoms with Gasteiger partial charge < -0.3 is 5.32 Å². The van der Waals surface area contributed by atoms with Crippen LogP contribution in [0.25, 0.3) is 0 Å². The lowest BCUT2D eigenvalue weighted by Gasteiger charge is -2.10. The molecule has 1 heterocycles. The van der Waals surface area contributed by atoms with Crippen LogP contribution >= 0.6 is 24.6 Å². The molecule has 18 heavy (non-hydrogen) atoms. The lowest BCUT2D eigenvalue weighted by molar-refractivity contribution is 0.231. The number of hydrogen-bond acceptors (Lipinski definition) is 5. The fourth-order valence-corrected chi connectivity index (χ4v) is 2.17. The number of carbonyl (C=O) groups excluding carboxylic acids is 1. The molecular formula is C11H18N4OS2. The molecule has 0 saturated heterocycles. The fourth-order valence-electron chi connectivity index (χ4n) is 1.24. The summed E-state index contributed by atoms with van der Waals surface area (Å²) in [7, 11) is 1.59. The van der Waals surface area contributed by atoms with Crippen molar-refractivity contribution in [1.82, 2.24) is 19.6 Å². The Kier molecular flexibility index (Phi) is 6.28. The summed E-state index contributed by atoms with van der Waals surface area (Å²) in [6.07, 6.45) is 1.77. The molecule has 0 aliphatic heterocycles. The van der Waals surface area contributed by atoms with Gasteiger partial charge in [-0.1, -0.05) is 12.8 Å². The van der Waals surface area contributed by atoms with E-state index in [0.29, 0.717) is 6.54 Å². The quantitative estimate of drug-likeness (QED) is 0.640. The summed E-state index contributed by atoms with van der Waals surface area (Å²) in [6, 6.07) is -0.189. The number of urea groups is 1. The molecule has 2 amide bonds. The molecule has 1 rings (SSSR count). The van der Waals surface area contributed by atoms with E-state index < -0.39 is 0 Å². The van der Waals surface area contributed by atoms with Crippen molar-refractivity contribution in [3.8, 4) is 0 Å². The minimum Gasteiger partial charge on any atom is -0.336 e. The van der Waals surface area contributed by atoms with Gasteiger partial charge in [0.05, 0.1) is 17.1 Å². The third kappa shape index (κ3) is 5.14. The van der Waals surface area contributed by atoms with Crippen LogP contribution in [0.1, 0.15) is 17.1 Å². The average molecular weight is 286 g/mol. The van der Waals surface area contributed by atoms with Crippen LogP contribution in [0.4, 0.5) is 4.79 Å². The highest BCUT2D eigenvalue weighted by Gasteiger charge is 2.04. The number of nitrogens with zero attached hydrogens (tertiary/aromatic N) is 3. The van der Waals surface area contributed by atoms with Crippen LogP contribution in [0.5, 0.6) is 0 Å². The Balaban J connectivity index is 2.26. The van der Waals surface area contributed by atoms with Gasteiger partial charge in [0.2, 0.25) is 0 Å². The van der Waals surface area contributed by atoms with E-state index in [1.165, 1.54) is 4.31 Å². The Morgan fingerprint density at radius 1 is 1.56 bits per heavy atom. The van der Waals surface area contributed by atoms with E-state index in [2.05, 4.69) is 28.1 Å². The van der Waals surface area contributed by atoms with Gasteiger partial charge in [0.15, 0.2) is 0 Å². The molecule has 100 valence electrons. The van der Waals surface area contributed by atoms with Crippen molar-refractivity contribution in [2.45, 2.75) is 19.6 Å². The number of carbonyl (C=O) groups is 1. The second-order valence-electron chi connectivity index (χ2n) is 3.85. The molecule has 1 aromatic rings. The molecule has 0 unspecified atom stereocenters. The van der Waals surface area contributed by atoms with Gasteiger partial charge in [0.25, 0.3) is 0 Å². The lowest BCUT2D eigenvalue weighted by atomic mass is 10.3. The van der Waals surface area contributed by atoms with Gasteiger partial charge in [-0.05, 0) is 13.8 Å². The topological polar surface area (TPSA) is 58.1 Å². The standard InChI is InChI=1S/C11H18N4OS2/c1-8-6-13-9(2)10(14-8)7-18-5-4-12-11(16)15(3)17/h6,17H,4-5,7H2,1-3H3,(H,12,16). The molecular weight excluding hydrogens is 268 g/mol. The van der Waals surface area contributed by atoms with Crippen LogP contribution in [-0.4, -0.2) is 39.6 Å². The van der Waals surface area contributed by atoms with E-state index >= 15 is 0 Å². The maximum atomic E-state index is 11.2. The molecule has 0 radical (unpaired) electrons. The maximum absolute atomic E-state index is 11.2. The summed E-state index contributed by atoms with van der Waals surface area (Å²) in [5.74, 6) is 1.65. The van der Waals surface area contributed by atoms with Crippen LogP contribution in [0.15, 0.2) is 6.20 Å². The summed E-state index contributed by atoms with van der Waals surface area (Å²) in [5, 5.41) is 2.75. The number of hydrogen-bond donors (Lipinski definition) is 2. The molecule has 0 bridgehead atoms. The second-order valence-corrected chi connectivity index (χ2v) is 5.56. The third-order valence-corrected chi connectivity index (χ3v) is 3.38. The van der Waals surface area contributed by atoms with Gasteiger partial charge in [-0.3, -0.25) is 14.3 Å². The molecule has 0 aromatic carbocycles. The third-order valence-electron chi connectivity index (χ3n) is 2.23. The molecule has 0 atom stereocenters. The number of aryl methyl sites for hydroxylation is 2. The van der Waals surface area contributed by atoms with Gasteiger partial charge in [0, 0.05) is 31.3 Å². The van der Waals surface area contributed by atoms with Crippen molar-refractivity contribution in [2.24, 2.45) is 0 Å². The first-order valence-corrected chi connectivity index (χ1v) is 7.13. The fraction of sp³-hybridized carbons (Fsp3) is 0.545. The summed E-state index contributed by atoms with van der Waals surface area (Å²) < 4.78 is 1.22. The zero-order valence-corrected chi connectivity index (χ0v) is 12.5. The van der Waals surface area contributed by atoms with E-state index in [4.69, 9.17) is 0 Å². The van der Waals surface area contributed by atoms with Crippen molar-refractivity contribution in [2.75, 3.05) is 19.3 Å². The normalized spacial score (nSPS) is 10.2. The highest BCUT2D eigenvalue weighted by atomic mass is 32.2. The van der Waals surface area contributed by atoms with Crippen LogP contribution in [0.2, 0.25) is 0 Å². The number of nitrogens with one attached hydrogen (secondary N) is 1. The lowest BCUT2D eigenvalue weighted by Crippen LogP contribution is -2.33. The van der Waals surface area contributed by atoms with E-state index in [-0.39, 0.29) is 6.03 Å². The van der Waals surface area contributed by atoms with E-state index in [1.54, 1.807) is 25.0 Å². The largest absolute Gasteiger partial charge is 0.336 e. The first kappa shape index (κ1) is 15.1. The number of thiol groups is 1. The minimum absolute atomic E-state index is 0.189. The summed E-state index contributed by atoms with van der Waals surface area (Å²) in [5.41, 5.74) is 2.91. The summed E-state index contributed by atoms with van der Waals surface area (Å²) in [6.45, 7) is 4.51. The maximum Gasteiger partial charge on any atom is 0.326 e. The Labute approximate surface area is 117 Å². The van der Waals surface area contributed by atoms with Crippen LogP contribution in [0, 0.1) is 13.8 Å². The van der Waals surface area contributed by atoms with Crippen molar-refractivity contribution < 1.29 is 4.79 Å². The first-order valence-electron chi connectivity index (χ1n) is 5.58. The predicted molar refractivity (Wildman–Crippen MR) is 77.8 cm³/mol. The Morgan fingerprint density at radius 3 is 2.94 bits per heavy atom. The smallest absolute Gasteiger partial charge is 0.326 e. The molecule has 0 aliphatic carbocycles. The van der Waals surface area contributed by atoms with Gasteiger partial charge in [-0.25, -0.2) is 4.79 Å². The number of aromatic nitrogens is 2. The van der Waals surface area contributed by atoms with Crippen molar-refractivity contribution >= 4 is 30.6 Å². The summed E-state index contributed by atoms with van der Waals surface area (Å²) in [4.78, 5) is 19.9. The molecule has 5 nitrogen and oxygen atoms in total. The van der Waals surface area contributed by atoms with Crippen molar-refractivity contribution in [3.05, 3.63) is 23.3 Å². The number of rotatable bonds is 5. The first-order chi connectivity index (χ1) is 8.50. The van der Waals surface area contributed by atoms with Crippen LogP contribution in [-0.2, 0) is 5.75 Å². The highest BCUT2D eigenvalue weighted by Crippen LogP contribution is 2.12. The monoisotopic (exact) mass is 286 g/mol. The van der Waals surface area contributed by atoms with Crippen molar-refractivity contribution in [3.63, 3.8) is 0 Å². The SMILES string of the molecule is Cc1cnc(C)c(CSCCNC(=O)N(C)S)n1. The molecule has 0 aliphatic rings. The molecule has 0 spiro atoms. The minimum atomic E-state index is -0.189. The van der Waals surface area contributed by atoms with Crippen LogP contribution < -0.4 is 5.32 Å². The number of amides is 2. The van der Waals surface area contributed by atoms with Gasteiger partial charge in [-0.15, -0.1) is 0 Å². The molecule has 1 aromatic heterocycles. The Bertz CT molecular complexity index is 412. The summed E-state index contributed by atoms with van der Waals surface area (Å²) >= 11 is 5.62. The second kappa shape index (κ2) is 7.48. The van der Waals surface area contributed by atoms with Crippen molar-refractivity contribution in [1.29, 1.82) is 0 Å². The van der Waals surface area contributed by atoms with Gasteiger partial charge in [0.1, 0.15) is 0 Å². The van der Waals surface area contributed by atoms with E-state index in [1.807, 2.05) is 13.8 Å². The Hall–Kier alpha value is -0.950. The average Bonchev–Trinajstić information content (AvgIpc) is 2.32. The zero-order valence-electron chi connectivity index (χ0n) is 10.8. The van der Waals surface area contributed by atoms with Crippen LogP contribution in [0.3, 0.4) is 0 Å². The molecule has 7 heteroatoms. The number of thioether (sulfide) groups is 1. The predicted octanol–water partition coefficient (Wildman–Crippen LogP) is 1.81. The van der Waals surface area contributed by atoms with E-state index in [9.17, 15) is 4.79 Å². The molecule has 0 fully saturated rings.